The van der Waals surface area contributed by atoms with Gasteiger partial charge >= 0.3 is 6.61 Å². The third-order valence-corrected chi connectivity index (χ3v) is 4.56. The summed E-state index contributed by atoms with van der Waals surface area (Å²) >= 11 is 0. The zero-order chi connectivity index (χ0) is 17.4. The molecule has 7 nitrogen and oxygen atoms in total. The maximum Gasteiger partial charge on any atom is 0.388 e. The fourth-order valence-electron chi connectivity index (χ4n) is 3.12. The van der Waals surface area contributed by atoms with Crippen LogP contribution in [0.5, 0.6) is 5.88 Å². The topological polar surface area (TPSA) is 78.9 Å². The van der Waals surface area contributed by atoms with Crippen molar-refractivity contribution in [3.8, 4) is 17.5 Å². The van der Waals surface area contributed by atoms with E-state index in [2.05, 4.69) is 25.0 Å². The molecule has 0 spiro atoms. The van der Waals surface area contributed by atoms with Crippen molar-refractivity contribution < 1.29 is 18.0 Å². The van der Waals surface area contributed by atoms with Crippen LogP contribution in [0, 0.1) is 0 Å². The number of ether oxygens (including phenoxy) is 1. The van der Waals surface area contributed by atoms with Crippen LogP contribution in [0.25, 0.3) is 11.6 Å². The number of rotatable bonds is 5. The number of halogens is 2. The van der Waals surface area contributed by atoms with Crippen molar-refractivity contribution in [3.63, 3.8) is 0 Å². The first-order valence-corrected chi connectivity index (χ1v) is 7.82. The minimum absolute atomic E-state index is 0.0720. The molecule has 3 heterocycles. The first-order valence-electron chi connectivity index (χ1n) is 7.82. The van der Waals surface area contributed by atoms with Gasteiger partial charge in [-0.2, -0.15) is 18.9 Å². The van der Waals surface area contributed by atoms with E-state index in [0.29, 0.717) is 11.5 Å². The van der Waals surface area contributed by atoms with Crippen molar-refractivity contribution in [2.45, 2.75) is 31.3 Å². The summed E-state index contributed by atoms with van der Waals surface area (Å²) in [5, 5.41) is 8.22. The standard InChI is InChI=1S/C16H15F2N5O2/c1-23-12(24-15(17)18)9-11(21-23)13-20-14(22-25-13)16(5-2-6-16)10-3-7-19-8-4-10/h3-4,7-9,15H,2,5-6H2,1H3. The summed E-state index contributed by atoms with van der Waals surface area (Å²) in [5.41, 5.74) is 1.09. The average molecular weight is 347 g/mol. The minimum atomic E-state index is -2.92. The number of alkyl halides is 2. The summed E-state index contributed by atoms with van der Waals surface area (Å²) in [7, 11) is 1.50. The fraction of sp³-hybridized carbons (Fsp3) is 0.375. The second-order valence-electron chi connectivity index (χ2n) is 5.96. The van der Waals surface area contributed by atoms with Crippen molar-refractivity contribution in [3.05, 3.63) is 42.0 Å². The lowest BCUT2D eigenvalue weighted by Gasteiger charge is -2.39. The van der Waals surface area contributed by atoms with Crippen molar-refractivity contribution in [1.29, 1.82) is 0 Å². The molecule has 130 valence electrons. The Hall–Kier alpha value is -2.84. The number of nitrogens with zero attached hydrogens (tertiary/aromatic N) is 5. The van der Waals surface area contributed by atoms with Crippen molar-refractivity contribution in [2.75, 3.05) is 0 Å². The van der Waals surface area contributed by atoms with Gasteiger partial charge in [-0.25, -0.2) is 4.68 Å². The molecule has 1 aliphatic rings. The highest BCUT2D eigenvalue weighted by Crippen LogP contribution is 2.47. The molecule has 25 heavy (non-hydrogen) atoms. The van der Waals surface area contributed by atoms with Crippen LogP contribution in [-0.4, -0.2) is 31.5 Å². The van der Waals surface area contributed by atoms with E-state index in [-0.39, 0.29) is 17.2 Å². The number of hydrogen-bond donors (Lipinski definition) is 0. The van der Waals surface area contributed by atoms with Gasteiger partial charge in [-0.15, -0.1) is 0 Å². The molecule has 0 N–H and O–H groups in total. The van der Waals surface area contributed by atoms with E-state index in [1.165, 1.54) is 17.8 Å². The first kappa shape index (κ1) is 15.7. The molecular weight excluding hydrogens is 332 g/mol. The van der Waals surface area contributed by atoms with E-state index >= 15 is 0 Å². The molecule has 4 rings (SSSR count). The van der Waals surface area contributed by atoms with Crippen LogP contribution in [-0.2, 0) is 12.5 Å². The summed E-state index contributed by atoms with van der Waals surface area (Å²) in [6, 6.07) is 5.25. The second-order valence-corrected chi connectivity index (χ2v) is 5.96. The van der Waals surface area contributed by atoms with Crippen LogP contribution in [0.4, 0.5) is 8.78 Å². The summed E-state index contributed by atoms with van der Waals surface area (Å²) in [6.07, 6.45) is 6.38. The molecule has 0 aromatic carbocycles. The van der Waals surface area contributed by atoms with Gasteiger partial charge in [0.15, 0.2) is 11.5 Å². The maximum atomic E-state index is 12.4. The quantitative estimate of drug-likeness (QED) is 0.706. The van der Waals surface area contributed by atoms with Gasteiger partial charge in [-0.05, 0) is 30.5 Å². The molecular formula is C16H15F2N5O2. The van der Waals surface area contributed by atoms with Gasteiger partial charge in [0.1, 0.15) is 0 Å². The Morgan fingerprint density at radius 3 is 2.68 bits per heavy atom. The molecule has 1 aliphatic carbocycles. The van der Waals surface area contributed by atoms with E-state index in [9.17, 15) is 8.78 Å². The number of aryl methyl sites for hydroxylation is 1. The number of hydrogen-bond acceptors (Lipinski definition) is 6. The van der Waals surface area contributed by atoms with Gasteiger partial charge in [-0.3, -0.25) is 4.98 Å². The monoisotopic (exact) mass is 347 g/mol. The molecule has 0 aliphatic heterocycles. The SMILES string of the molecule is Cn1nc(-c2nc(C3(c4ccncc4)CCC3)no2)cc1OC(F)F. The van der Waals surface area contributed by atoms with Crippen molar-refractivity contribution in [1.82, 2.24) is 24.9 Å². The second kappa shape index (κ2) is 5.91. The average Bonchev–Trinajstić information content (AvgIpc) is 3.15. The molecule has 0 atom stereocenters. The van der Waals surface area contributed by atoms with E-state index < -0.39 is 6.61 Å². The van der Waals surface area contributed by atoms with Crippen LogP contribution in [0.3, 0.4) is 0 Å². The van der Waals surface area contributed by atoms with Gasteiger partial charge in [0, 0.05) is 25.5 Å². The Morgan fingerprint density at radius 2 is 2.04 bits per heavy atom. The lowest BCUT2D eigenvalue weighted by molar-refractivity contribution is -0.0553. The zero-order valence-corrected chi connectivity index (χ0v) is 13.4. The zero-order valence-electron chi connectivity index (χ0n) is 13.4. The van der Waals surface area contributed by atoms with E-state index in [4.69, 9.17) is 4.52 Å². The summed E-state index contributed by atoms with van der Waals surface area (Å²) < 4.78 is 35.7. The molecule has 0 bridgehead atoms. The molecule has 3 aromatic rings. The van der Waals surface area contributed by atoms with Gasteiger partial charge in [0.2, 0.25) is 5.88 Å². The summed E-state index contributed by atoms with van der Waals surface area (Å²) in [4.78, 5) is 8.52. The van der Waals surface area contributed by atoms with Crippen molar-refractivity contribution in [2.24, 2.45) is 7.05 Å². The van der Waals surface area contributed by atoms with Crippen LogP contribution in [0.15, 0.2) is 35.1 Å². The fourth-order valence-corrected chi connectivity index (χ4v) is 3.12. The Bertz CT molecular complexity index is 874. The van der Waals surface area contributed by atoms with E-state index in [1.54, 1.807) is 12.4 Å². The van der Waals surface area contributed by atoms with E-state index in [0.717, 1.165) is 24.8 Å². The smallest absolute Gasteiger partial charge is 0.388 e. The molecule has 9 heteroatoms. The Kier molecular flexibility index (Phi) is 3.70. The molecule has 1 saturated carbocycles. The highest BCUT2D eigenvalue weighted by atomic mass is 19.3. The third kappa shape index (κ3) is 2.65. The minimum Gasteiger partial charge on any atom is -0.417 e. The summed E-state index contributed by atoms with van der Waals surface area (Å²) in [6.45, 7) is -2.92. The Morgan fingerprint density at radius 1 is 1.28 bits per heavy atom. The van der Waals surface area contributed by atoms with Crippen molar-refractivity contribution >= 4 is 0 Å². The normalized spacial score (nSPS) is 16.0. The maximum absolute atomic E-state index is 12.4. The number of aromatic nitrogens is 5. The van der Waals surface area contributed by atoms with Crippen LogP contribution in [0.1, 0.15) is 30.7 Å². The lowest BCUT2D eigenvalue weighted by Crippen LogP contribution is -2.36. The molecule has 0 saturated heterocycles. The lowest BCUT2D eigenvalue weighted by atomic mass is 9.64. The highest BCUT2D eigenvalue weighted by Gasteiger charge is 2.44. The Balaban J connectivity index is 1.66. The first-order chi connectivity index (χ1) is 12.1. The molecule has 3 aromatic heterocycles. The molecule has 0 radical (unpaired) electrons. The predicted octanol–water partition coefficient (Wildman–Crippen LogP) is 2.94. The van der Waals surface area contributed by atoms with Gasteiger partial charge in [-0.1, -0.05) is 11.6 Å². The van der Waals surface area contributed by atoms with E-state index in [1.807, 2.05) is 12.1 Å². The molecule has 0 unspecified atom stereocenters. The van der Waals surface area contributed by atoms with Crippen LogP contribution >= 0.6 is 0 Å². The predicted molar refractivity (Wildman–Crippen MR) is 82.0 cm³/mol. The van der Waals surface area contributed by atoms with Crippen LogP contribution < -0.4 is 4.74 Å². The highest BCUT2D eigenvalue weighted by molar-refractivity contribution is 5.49. The third-order valence-electron chi connectivity index (χ3n) is 4.56. The Labute approximate surface area is 141 Å². The largest absolute Gasteiger partial charge is 0.417 e. The van der Waals surface area contributed by atoms with Crippen LogP contribution in [0.2, 0.25) is 0 Å². The molecule has 0 amide bonds. The number of pyridine rings is 1. The molecule has 1 fully saturated rings. The summed E-state index contributed by atoms with van der Waals surface area (Å²) in [5.74, 6) is 0.675. The van der Waals surface area contributed by atoms with Gasteiger partial charge < -0.3 is 9.26 Å². The van der Waals surface area contributed by atoms with Gasteiger partial charge in [0.05, 0.1) is 5.41 Å². The van der Waals surface area contributed by atoms with Gasteiger partial charge in [0.25, 0.3) is 5.89 Å².